The number of halogens is 1. The van der Waals surface area contributed by atoms with Gasteiger partial charge in [-0.3, -0.25) is 15.7 Å². The second kappa shape index (κ2) is 6.51. The number of hydrogen-bond acceptors (Lipinski definition) is 4. The van der Waals surface area contributed by atoms with Gasteiger partial charge in [0.15, 0.2) is 5.84 Å². The monoisotopic (exact) mass is 312 g/mol. The third kappa shape index (κ3) is 3.05. The Morgan fingerprint density at radius 3 is 2.77 bits per heavy atom. The molecule has 2 N–H and O–H groups in total. The van der Waals surface area contributed by atoms with Gasteiger partial charge in [0, 0.05) is 16.1 Å². The van der Waals surface area contributed by atoms with Crippen LogP contribution in [0.1, 0.15) is 11.1 Å². The van der Waals surface area contributed by atoms with Gasteiger partial charge in [0.2, 0.25) is 0 Å². The maximum absolute atomic E-state index is 8.62. The lowest BCUT2D eigenvalue weighted by atomic mass is 10.0. The van der Waals surface area contributed by atoms with Gasteiger partial charge >= 0.3 is 0 Å². The zero-order valence-electron chi connectivity index (χ0n) is 11.6. The van der Waals surface area contributed by atoms with Crippen LogP contribution < -0.4 is 5.48 Å². The summed E-state index contributed by atoms with van der Waals surface area (Å²) in [6.07, 6.45) is 1.16. The quantitative estimate of drug-likeness (QED) is 0.508. The smallest absolute Gasteiger partial charge is 0.152 e. The van der Waals surface area contributed by atoms with Crippen LogP contribution in [0, 0.1) is 0 Å². The number of rotatable bonds is 2. The number of fused-ring (bicyclic) bond motifs is 1. The van der Waals surface area contributed by atoms with Crippen LogP contribution in [0.15, 0.2) is 63.5 Å². The molecule has 0 radical (unpaired) electrons. The summed E-state index contributed by atoms with van der Waals surface area (Å²) in [5.41, 5.74) is 5.29. The Bertz CT molecular complexity index is 769. The summed E-state index contributed by atoms with van der Waals surface area (Å²) in [6, 6.07) is 15.3. The molecule has 0 amide bonds. The van der Waals surface area contributed by atoms with Crippen molar-refractivity contribution >= 4 is 35.2 Å². The van der Waals surface area contributed by atoms with E-state index in [2.05, 4.69) is 15.0 Å². The Morgan fingerprint density at radius 1 is 1.18 bits per heavy atom. The van der Waals surface area contributed by atoms with Gasteiger partial charge < -0.3 is 0 Å². The molecular formula is C16H13ClN4O. The van der Waals surface area contributed by atoms with E-state index in [0.29, 0.717) is 17.4 Å². The number of nitrogens with zero attached hydrogens (tertiary/aromatic N) is 3. The summed E-state index contributed by atoms with van der Waals surface area (Å²) in [5, 5.41) is 9.25. The van der Waals surface area contributed by atoms with Crippen molar-refractivity contribution in [3.8, 4) is 0 Å². The molecule has 0 saturated carbocycles. The molecule has 0 bridgehead atoms. The average molecular weight is 313 g/mol. The summed E-state index contributed by atoms with van der Waals surface area (Å²) < 4.78 is 0. The molecule has 2 aromatic carbocycles. The zero-order chi connectivity index (χ0) is 15.4. The fourth-order valence-electron chi connectivity index (χ4n) is 2.22. The normalized spacial score (nSPS) is 14.1. The van der Waals surface area contributed by atoms with Gasteiger partial charge in [-0.25, -0.2) is 9.98 Å². The third-order valence-electron chi connectivity index (χ3n) is 3.16. The number of hydrogen-bond donors (Lipinski definition) is 2. The molecule has 6 heteroatoms. The molecule has 0 aliphatic carbocycles. The van der Waals surface area contributed by atoms with E-state index in [1.54, 1.807) is 6.07 Å². The highest BCUT2D eigenvalue weighted by molar-refractivity contribution is 6.31. The summed E-state index contributed by atoms with van der Waals surface area (Å²) in [4.78, 5) is 13.1. The molecular weight excluding hydrogens is 300 g/mol. The standard InChI is InChI=1S/C16H13ClN4O/c17-12-6-7-14-13(8-12)16(11-4-2-1-3-5-11)18-9-15(21-14)19-10-20-22/h1-8,10,22H,9H2,(H,19,20,21). The van der Waals surface area contributed by atoms with E-state index < -0.39 is 0 Å². The lowest BCUT2D eigenvalue weighted by Crippen LogP contribution is -2.08. The fraction of sp³-hybridized carbons (Fsp3) is 0.0625. The van der Waals surface area contributed by atoms with Crippen molar-refractivity contribution in [3.63, 3.8) is 0 Å². The topological polar surface area (TPSA) is 69.3 Å². The average Bonchev–Trinajstić information content (AvgIpc) is 2.73. The van der Waals surface area contributed by atoms with Crippen LogP contribution in [0.5, 0.6) is 0 Å². The third-order valence-corrected chi connectivity index (χ3v) is 3.40. The maximum atomic E-state index is 8.62. The van der Waals surface area contributed by atoms with Crippen molar-refractivity contribution in [1.29, 1.82) is 0 Å². The predicted molar refractivity (Wildman–Crippen MR) is 88.9 cm³/mol. The largest absolute Gasteiger partial charge is 0.290 e. The maximum Gasteiger partial charge on any atom is 0.152 e. The number of benzene rings is 2. The van der Waals surface area contributed by atoms with Crippen molar-refractivity contribution < 1.29 is 5.21 Å². The second-order valence-corrected chi connectivity index (χ2v) is 5.04. The molecule has 110 valence electrons. The molecule has 3 rings (SSSR count). The summed E-state index contributed by atoms with van der Waals surface area (Å²) in [7, 11) is 0. The SMILES string of the molecule is ONC=NC1=Nc2ccc(Cl)cc2C(c2ccccc2)=NC1. The minimum absolute atomic E-state index is 0.314. The molecule has 22 heavy (non-hydrogen) atoms. The molecule has 0 aromatic heterocycles. The molecule has 0 fully saturated rings. The van der Waals surface area contributed by atoms with Crippen LogP contribution in [0.25, 0.3) is 0 Å². The van der Waals surface area contributed by atoms with Crippen molar-refractivity contribution in [1.82, 2.24) is 5.48 Å². The zero-order valence-corrected chi connectivity index (χ0v) is 12.3. The van der Waals surface area contributed by atoms with Gasteiger partial charge in [0.25, 0.3) is 0 Å². The van der Waals surface area contributed by atoms with Gasteiger partial charge in [-0.1, -0.05) is 41.9 Å². The highest BCUT2D eigenvalue weighted by Crippen LogP contribution is 2.28. The van der Waals surface area contributed by atoms with Gasteiger partial charge in [0.05, 0.1) is 17.9 Å². The van der Waals surface area contributed by atoms with Crippen molar-refractivity contribution in [2.45, 2.75) is 0 Å². The molecule has 2 aromatic rings. The number of amidine groups is 1. The van der Waals surface area contributed by atoms with E-state index in [1.165, 1.54) is 0 Å². The first-order chi connectivity index (χ1) is 10.8. The van der Waals surface area contributed by atoms with E-state index in [9.17, 15) is 0 Å². The van der Waals surface area contributed by atoms with E-state index in [1.807, 2.05) is 47.9 Å². The molecule has 0 unspecified atom stereocenters. The Morgan fingerprint density at radius 2 is 2.00 bits per heavy atom. The Hall–Kier alpha value is -2.50. The highest BCUT2D eigenvalue weighted by Gasteiger charge is 2.16. The van der Waals surface area contributed by atoms with E-state index >= 15 is 0 Å². The first-order valence-electron chi connectivity index (χ1n) is 6.67. The van der Waals surface area contributed by atoms with Crippen molar-refractivity contribution in [2.24, 2.45) is 15.0 Å². The molecule has 0 atom stereocenters. The minimum Gasteiger partial charge on any atom is -0.290 e. The highest BCUT2D eigenvalue weighted by atomic mass is 35.5. The minimum atomic E-state index is 0.314. The van der Waals surface area contributed by atoms with Crippen molar-refractivity contribution in [2.75, 3.05) is 6.54 Å². The number of hydroxylamine groups is 1. The Kier molecular flexibility index (Phi) is 4.27. The van der Waals surface area contributed by atoms with Crippen LogP contribution >= 0.6 is 11.6 Å². The lowest BCUT2D eigenvalue weighted by molar-refractivity contribution is 0.240. The predicted octanol–water partition coefficient (Wildman–Crippen LogP) is 3.23. The van der Waals surface area contributed by atoms with E-state index in [4.69, 9.17) is 16.8 Å². The molecule has 1 heterocycles. The molecule has 1 aliphatic rings. The molecule has 5 nitrogen and oxygen atoms in total. The number of aliphatic imine (C=N–C) groups is 3. The van der Waals surface area contributed by atoms with Crippen LogP contribution in [0.2, 0.25) is 5.02 Å². The summed E-state index contributed by atoms with van der Waals surface area (Å²) in [6.45, 7) is 0.314. The van der Waals surface area contributed by atoms with Crippen LogP contribution in [-0.4, -0.2) is 29.6 Å². The van der Waals surface area contributed by atoms with E-state index in [0.717, 1.165) is 28.9 Å². The Balaban J connectivity index is 2.13. The first-order valence-corrected chi connectivity index (χ1v) is 7.05. The van der Waals surface area contributed by atoms with Gasteiger partial charge in [-0.15, -0.1) is 0 Å². The second-order valence-electron chi connectivity index (χ2n) is 4.61. The molecule has 0 saturated heterocycles. The van der Waals surface area contributed by atoms with Gasteiger partial charge in [-0.2, -0.15) is 0 Å². The Labute approximate surface area is 132 Å². The van der Waals surface area contributed by atoms with Gasteiger partial charge in [-0.05, 0) is 18.2 Å². The number of nitrogens with one attached hydrogen (secondary N) is 1. The molecule has 0 spiro atoms. The van der Waals surface area contributed by atoms with E-state index in [-0.39, 0.29) is 0 Å². The van der Waals surface area contributed by atoms with Crippen LogP contribution in [0.3, 0.4) is 0 Å². The lowest BCUT2D eigenvalue weighted by Gasteiger charge is -2.08. The van der Waals surface area contributed by atoms with Crippen LogP contribution in [0.4, 0.5) is 5.69 Å². The first kappa shape index (κ1) is 14.4. The van der Waals surface area contributed by atoms with Gasteiger partial charge in [0.1, 0.15) is 6.34 Å². The fourth-order valence-corrected chi connectivity index (χ4v) is 2.39. The van der Waals surface area contributed by atoms with Crippen LogP contribution in [-0.2, 0) is 0 Å². The summed E-state index contributed by atoms with van der Waals surface area (Å²) >= 11 is 6.13. The van der Waals surface area contributed by atoms with Crippen molar-refractivity contribution in [3.05, 3.63) is 64.7 Å². The summed E-state index contributed by atoms with van der Waals surface area (Å²) in [5.74, 6) is 0.496. The molecule has 1 aliphatic heterocycles.